The van der Waals surface area contributed by atoms with Crippen molar-refractivity contribution < 1.29 is 0 Å². The van der Waals surface area contributed by atoms with Gasteiger partial charge in [0.1, 0.15) is 0 Å². The summed E-state index contributed by atoms with van der Waals surface area (Å²) in [6, 6.07) is 14.0. The minimum absolute atomic E-state index is 0.410. The van der Waals surface area contributed by atoms with Gasteiger partial charge in [0.25, 0.3) is 0 Å². The van der Waals surface area contributed by atoms with Crippen LogP contribution in [-0.2, 0) is 19.4 Å². The molecule has 0 unspecified atom stereocenters. The second kappa shape index (κ2) is 7.65. The first-order valence-corrected chi connectivity index (χ1v) is 9.53. The number of hydrogen-bond acceptors (Lipinski definition) is 4. The Bertz CT molecular complexity index is 715. The first-order chi connectivity index (χ1) is 12.3. The number of rotatable bonds is 5. The largest absolute Gasteiger partial charge is 0.329 e. The Labute approximate surface area is 150 Å². The molecular weight excluding hydrogens is 308 g/mol. The predicted octanol–water partition coefficient (Wildman–Crippen LogP) is 2.43. The van der Waals surface area contributed by atoms with Gasteiger partial charge in [0.15, 0.2) is 0 Å². The third-order valence-corrected chi connectivity index (χ3v) is 5.64. The Morgan fingerprint density at radius 1 is 1.12 bits per heavy atom. The molecule has 1 aromatic carbocycles. The van der Waals surface area contributed by atoms with Gasteiger partial charge in [0.05, 0.1) is 11.7 Å². The van der Waals surface area contributed by atoms with E-state index in [1.54, 1.807) is 0 Å². The van der Waals surface area contributed by atoms with Crippen molar-refractivity contribution in [3.05, 3.63) is 65.0 Å². The molecule has 0 radical (unpaired) electrons. The Morgan fingerprint density at radius 3 is 2.84 bits per heavy atom. The Kier molecular flexibility index (Phi) is 5.11. The maximum atomic E-state index is 5.96. The topological polar surface area (TPSA) is 54.2 Å². The Hall–Kier alpha value is -1.75. The van der Waals surface area contributed by atoms with Gasteiger partial charge >= 0.3 is 0 Å². The number of nitrogens with two attached hydrogens (primary N) is 1. The number of fused-ring (bicyclic) bond motifs is 2. The van der Waals surface area contributed by atoms with E-state index in [1.807, 2.05) is 6.20 Å². The molecule has 0 fully saturated rings. The van der Waals surface area contributed by atoms with Crippen LogP contribution in [-0.4, -0.2) is 35.6 Å². The van der Waals surface area contributed by atoms with Crippen LogP contribution >= 0.6 is 0 Å². The van der Waals surface area contributed by atoms with Crippen molar-refractivity contribution in [3.8, 4) is 0 Å². The second-order valence-electron chi connectivity index (χ2n) is 7.29. The van der Waals surface area contributed by atoms with Gasteiger partial charge in [0.2, 0.25) is 0 Å². The van der Waals surface area contributed by atoms with E-state index in [0.717, 1.165) is 32.5 Å². The van der Waals surface area contributed by atoms with Crippen molar-refractivity contribution in [2.75, 3.05) is 19.6 Å². The summed E-state index contributed by atoms with van der Waals surface area (Å²) in [5.74, 6) is 0. The Balaban J connectivity index is 1.51. The van der Waals surface area contributed by atoms with Crippen LogP contribution in [0.4, 0.5) is 0 Å². The van der Waals surface area contributed by atoms with Crippen LogP contribution in [0.5, 0.6) is 0 Å². The minimum atomic E-state index is 0.410. The zero-order valence-corrected chi connectivity index (χ0v) is 14.8. The van der Waals surface area contributed by atoms with Gasteiger partial charge in [-0.05, 0) is 48.4 Å². The molecule has 4 nitrogen and oxygen atoms in total. The van der Waals surface area contributed by atoms with Crippen molar-refractivity contribution >= 4 is 0 Å². The highest BCUT2D eigenvalue weighted by molar-refractivity contribution is 5.30. The zero-order chi connectivity index (χ0) is 17.1. The molecule has 2 atom stereocenters. The fourth-order valence-corrected chi connectivity index (χ4v) is 4.41. The molecule has 25 heavy (non-hydrogen) atoms. The number of nitrogens with one attached hydrogen (secondary N) is 1. The smallest absolute Gasteiger partial charge is 0.0607 e. The van der Waals surface area contributed by atoms with Crippen LogP contribution < -0.4 is 11.1 Å². The molecule has 132 valence electrons. The highest BCUT2D eigenvalue weighted by atomic mass is 15.2. The number of nitrogens with zero attached hydrogens (tertiary/aromatic N) is 2. The summed E-state index contributed by atoms with van der Waals surface area (Å²) in [7, 11) is 0. The highest BCUT2D eigenvalue weighted by Crippen LogP contribution is 2.33. The van der Waals surface area contributed by atoms with Crippen molar-refractivity contribution in [2.45, 2.75) is 44.3 Å². The second-order valence-corrected chi connectivity index (χ2v) is 7.29. The number of pyridine rings is 1. The molecule has 0 amide bonds. The fourth-order valence-electron chi connectivity index (χ4n) is 4.41. The number of benzene rings is 1. The van der Waals surface area contributed by atoms with Crippen LogP contribution in [0.2, 0.25) is 0 Å². The summed E-state index contributed by atoms with van der Waals surface area (Å²) in [4.78, 5) is 7.30. The molecular formula is C21H28N4. The van der Waals surface area contributed by atoms with Crippen molar-refractivity contribution in [3.63, 3.8) is 0 Å². The van der Waals surface area contributed by atoms with Gasteiger partial charge in [-0.25, -0.2) is 0 Å². The monoisotopic (exact) mass is 336 g/mol. The quantitative estimate of drug-likeness (QED) is 0.880. The van der Waals surface area contributed by atoms with E-state index in [-0.39, 0.29) is 0 Å². The molecule has 0 saturated carbocycles. The molecule has 3 N–H and O–H groups in total. The predicted molar refractivity (Wildman–Crippen MR) is 101 cm³/mol. The highest BCUT2D eigenvalue weighted by Gasteiger charge is 2.29. The first kappa shape index (κ1) is 16.7. The van der Waals surface area contributed by atoms with E-state index in [2.05, 4.69) is 46.6 Å². The molecule has 0 bridgehead atoms. The van der Waals surface area contributed by atoms with Gasteiger partial charge in [0, 0.05) is 38.4 Å². The summed E-state index contributed by atoms with van der Waals surface area (Å²) < 4.78 is 0. The van der Waals surface area contributed by atoms with Crippen LogP contribution in [0.25, 0.3) is 0 Å². The van der Waals surface area contributed by atoms with Crippen molar-refractivity contribution in [1.29, 1.82) is 0 Å². The van der Waals surface area contributed by atoms with E-state index in [1.165, 1.54) is 35.2 Å². The molecule has 1 aliphatic heterocycles. The lowest BCUT2D eigenvalue weighted by Gasteiger charge is -2.38. The van der Waals surface area contributed by atoms with Crippen molar-refractivity contribution in [1.82, 2.24) is 15.2 Å². The van der Waals surface area contributed by atoms with Gasteiger partial charge in [-0.15, -0.1) is 0 Å². The maximum absolute atomic E-state index is 5.96. The normalized spacial score (nSPS) is 22.5. The molecule has 2 aromatic rings. The number of aryl methyl sites for hydroxylation is 1. The summed E-state index contributed by atoms with van der Waals surface area (Å²) >= 11 is 0. The van der Waals surface area contributed by atoms with Crippen molar-refractivity contribution in [2.24, 2.45) is 5.73 Å². The molecule has 0 spiro atoms. The molecule has 1 aliphatic carbocycles. The molecule has 2 heterocycles. The summed E-state index contributed by atoms with van der Waals surface area (Å²) in [5.41, 5.74) is 11.6. The number of hydrogen-bond donors (Lipinski definition) is 2. The maximum Gasteiger partial charge on any atom is 0.0607 e. The van der Waals surface area contributed by atoms with E-state index in [0.29, 0.717) is 18.6 Å². The summed E-state index contributed by atoms with van der Waals surface area (Å²) in [6.07, 6.45) is 6.62. The van der Waals surface area contributed by atoms with E-state index >= 15 is 0 Å². The van der Waals surface area contributed by atoms with Gasteiger partial charge in [-0.1, -0.05) is 30.3 Å². The molecule has 1 aromatic heterocycles. The zero-order valence-electron chi connectivity index (χ0n) is 14.8. The lowest BCUT2D eigenvalue weighted by molar-refractivity contribution is 0.158. The van der Waals surface area contributed by atoms with Crippen LogP contribution in [0, 0.1) is 0 Å². The lowest BCUT2D eigenvalue weighted by atomic mass is 9.89. The number of aromatic nitrogens is 1. The SMILES string of the molecule is NCCN(C[C@H]1Cc2ccccc2CN1)[C@H]1CCCc2cccnc21. The molecule has 0 saturated heterocycles. The molecule has 2 aliphatic rings. The Morgan fingerprint density at radius 2 is 1.96 bits per heavy atom. The van der Waals surface area contributed by atoms with E-state index in [4.69, 9.17) is 10.7 Å². The third kappa shape index (κ3) is 3.61. The lowest BCUT2D eigenvalue weighted by Crippen LogP contribution is -2.47. The van der Waals surface area contributed by atoms with Crippen LogP contribution in [0.3, 0.4) is 0 Å². The van der Waals surface area contributed by atoms with Gasteiger partial charge in [-0.3, -0.25) is 9.88 Å². The van der Waals surface area contributed by atoms with Gasteiger partial charge in [-0.2, -0.15) is 0 Å². The molecule has 4 heteroatoms. The van der Waals surface area contributed by atoms with Crippen LogP contribution in [0.15, 0.2) is 42.6 Å². The molecule has 4 rings (SSSR count). The average Bonchev–Trinajstić information content (AvgIpc) is 2.67. The standard InChI is InChI=1S/C21H28N4/c22-10-12-25(20-9-3-7-16-8-4-11-23-21(16)20)15-19-13-17-5-1-2-6-18(17)14-24-19/h1-2,4-6,8,11,19-20,24H,3,7,9-10,12-15,22H2/t19-,20+/m1/s1. The van der Waals surface area contributed by atoms with Gasteiger partial charge < -0.3 is 11.1 Å². The van der Waals surface area contributed by atoms with E-state index < -0.39 is 0 Å². The fraction of sp³-hybridized carbons (Fsp3) is 0.476. The minimum Gasteiger partial charge on any atom is -0.329 e. The van der Waals surface area contributed by atoms with E-state index in [9.17, 15) is 0 Å². The summed E-state index contributed by atoms with van der Waals surface area (Å²) in [6.45, 7) is 3.63. The van der Waals surface area contributed by atoms with Crippen LogP contribution in [0.1, 0.15) is 41.3 Å². The third-order valence-electron chi connectivity index (χ3n) is 5.64. The average molecular weight is 336 g/mol. The summed E-state index contributed by atoms with van der Waals surface area (Å²) in [5, 5.41) is 3.72. The first-order valence-electron chi connectivity index (χ1n) is 9.53.